The summed E-state index contributed by atoms with van der Waals surface area (Å²) in [6, 6.07) is 12.8. The quantitative estimate of drug-likeness (QED) is 0.730. The highest BCUT2D eigenvalue weighted by Gasteiger charge is 2.08. The molecule has 0 spiro atoms. The molecule has 1 N–H and O–H groups in total. The molecule has 3 rings (SSSR count). The van der Waals surface area contributed by atoms with E-state index >= 15 is 0 Å². The number of aromatic nitrogens is 1. The molecule has 2 aromatic carbocycles. The number of ether oxygens (including phenoxy) is 2. The molecule has 112 valence electrons. The highest BCUT2D eigenvalue weighted by molar-refractivity contribution is 5.89. The van der Waals surface area contributed by atoms with Gasteiger partial charge in [-0.1, -0.05) is 6.07 Å². The molecule has 0 radical (unpaired) electrons. The number of hydrogen-bond donors (Lipinski definition) is 1. The SMILES string of the molecule is COC(=O)c1cccc(Oc2ccc3[nH]c(C)c(C)c3c2)c1. The van der Waals surface area contributed by atoms with Crippen LogP contribution in [-0.4, -0.2) is 18.1 Å². The van der Waals surface area contributed by atoms with Crippen LogP contribution in [0.2, 0.25) is 0 Å². The number of nitrogens with one attached hydrogen (secondary N) is 1. The Kier molecular flexibility index (Phi) is 3.59. The summed E-state index contributed by atoms with van der Waals surface area (Å²) in [5.41, 5.74) is 3.92. The van der Waals surface area contributed by atoms with Crippen LogP contribution in [0.15, 0.2) is 42.5 Å². The zero-order chi connectivity index (χ0) is 15.7. The predicted molar refractivity (Wildman–Crippen MR) is 85.6 cm³/mol. The molecule has 0 unspecified atom stereocenters. The Labute approximate surface area is 128 Å². The fourth-order valence-corrected chi connectivity index (χ4v) is 2.44. The number of aryl methyl sites for hydroxylation is 2. The average molecular weight is 295 g/mol. The maximum atomic E-state index is 11.6. The van der Waals surface area contributed by atoms with Gasteiger partial charge in [-0.15, -0.1) is 0 Å². The number of hydrogen-bond acceptors (Lipinski definition) is 3. The summed E-state index contributed by atoms with van der Waals surface area (Å²) < 4.78 is 10.6. The lowest BCUT2D eigenvalue weighted by Gasteiger charge is -2.07. The van der Waals surface area contributed by atoms with Crippen LogP contribution in [0, 0.1) is 13.8 Å². The number of esters is 1. The third kappa shape index (κ3) is 2.55. The average Bonchev–Trinajstić information content (AvgIpc) is 2.82. The van der Waals surface area contributed by atoms with E-state index in [1.807, 2.05) is 24.3 Å². The molecule has 4 nitrogen and oxygen atoms in total. The van der Waals surface area contributed by atoms with Crippen LogP contribution in [0.4, 0.5) is 0 Å². The van der Waals surface area contributed by atoms with Gasteiger partial charge in [0.15, 0.2) is 0 Å². The first-order chi connectivity index (χ1) is 10.6. The molecular weight excluding hydrogens is 278 g/mol. The van der Waals surface area contributed by atoms with E-state index in [1.165, 1.54) is 12.7 Å². The van der Waals surface area contributed by atoms with Crippen LogP contribution >= 0.6 is 0 Å². The molecule has 0 saturated carbocycles. The van der Waals surface area contributed by atoms with Gasteiger partial charge in [-0.2, -0.15) is 0 Å². The van der Waals surface area contributed by atoms with Crippen molar-refractivity contribution in [3.63, 3.8) is 0 Å². The monoisotopic (exact) mass is 295 g/mol. The zero-order valence-corrected chi connectivity index (χ0v) is 12.8. The number of H-pyrrole nitrogens is 1. The van der Waals surface area contributed by atoms with Crippen molar-refractivity contribution in [1.82, 2.24) is 4.98 Å². The third-order valence-corrected chi connectivity index (χ3v) is 3.77. The van der Waals surface area contributed by atoms with Gasteiger partial charge < -0.3 is 14.5 Å². The summed E-state index contributed by atoms with van der Waals surface area (Å²) in [5, 5.41) is 1.14. The Morgan fingerprint density at radius 2 is 1.82 bits per heavy atom. The highest BCUT2D eigenvalue weighted by Crippen LogP contribution is 2.29. The summed E-state index contributed by atoms with van der Waals surface area (Å²) in [7, 11) is 1.36. The van der Waals surface area contributed by atoms with E-state index in [-0.39, 0.29) is 5.97 Å². The van der Waals surface area contributed by atoms with Gasteiger partial charge in [0, 0.05) is 16.6 Å². The van der Waals surface area contributed by atoms with Crippen molar-refractivity contribution in [1.29, 1.82) is 0 Å². The van der Waals surface area contributed by atoms with Crippen LogP contribution in [0.5, 0.6) is 11.5 Å². The fourth-order valence-electron chi connectivity index (χ4n) is 2.44. The number of carbonyl (C=O) groups excluding carboxylic acids is 1. The number of rotatable bonds is 3. The number of fused-ring (bicyclic) bond motifs is 1. The topological polar surface area (TPSA) is 51.3 Å². The summed E-state index contributed by atoms with van der Waals surface area (Å²) in [6.45, 7) is 4.13. The van der Waals surface area contributed by atoms with Crippen molar-refractivity contribution in [2.24, 2.45) is 0 Å². The summed E-state index contributed by atoms with van der Waals surface area (Å²) in [4.78, 5) is 14.9. The summed E-state index contributed by atoms with van der Waals surface area (Å²) >= 11 is 0. The lowest BCUT2D eigenvalue weighted by atomic mass is 10.1. The fraction of sp³-hybridized carbons (Fsp3) is 0.167. The predicted octanol–water partition coefficient (Wildman–Crippen LogP) is 4.36. The number of carbonyl (C=O) groups is 1. The molecule has 0 aliphatic rings. The molecule has 0 aliphatic carbocycles. The first-order valence-corrected chi connectivity index (χ1v) is 7.03. The molecule has 0 saturated heterocycles. The second-order valence-corrected chi connectivity index (χ2v) is 5.20. The highest BCUT2D eigenvalue weighted by atomic mass is 16.5. The Morgan fingerprint density at radius 3 is 2.59 bits per heavy atom. The van der Waals surface area contributed by atoms with Gasteiger partial charge in [0.2, 0.25) is 0 Å². The second kappa shape index (κ2) is 5.56. The van der Waals surface area contributed by atoms with Crippen molar-refractivity contribution in [3.05, 3.63) is 59.3 Å². The van der Waals surface area contributed by atoms with Gasteiger partial charge in [-0.25, -0.2) is 4.79 Å². The van der Waals surface area contributed by atoms with Gasteiger partial charge >= 0.3 is 5.97 Å². The van der Waals surface area contributed by atoms with Crippen LogP contribution in [0.1, 0.15) is 21.6 Å². The molecule has 0 bridgehead atoms. The number of aromatic amines is 1. The standard InChI is InChI=1S/C18H17NO3/c1-11-12(2)19-17-8-7-15(10-16(11)17)22-14-6-4-5-13(9-14)18(20)21-3/h4-10,19H,1-3H3. The lowest BCUT2D eigenvalue weighted by Crippen LogP contribution is -2.00. The molecule has 4 heteroatoms. The van der Waals surface area contributed by atoms with Gasteiger partial charge in [-0.3, -0.25) is 0 Å². The normalized spacial score (nSPS) is 10.7. The van der Waals surface area contributed by atoms with Crippen LogP contribution in [0.25, 0.3) is 10.9 Å². The van der Waals surface area contributed by atoms with E-state index in [0.717, 1.165) is 22.3 Å². The van der Waals surface area contributed by atoms with Crippen molar-refractivity contribution in [2.75, 3.05) is 7.11 Å². The van der Waals surface area contributed by atoms with Gasteiger partial charge in [0.1, 0.15) is 11.5 Å². The molecular formula is C18H17NO3. The molecule has 0 fully saturated rings. The van der Waals surface area contributed by atoms with Gasteiger partial charge in [0.25, 0.3) is 0 Å². The Morgan fingerprint density at radius 1 is 1.05 bits per heavy atom. The summed E-state index contributed by atoms with van der Waals surface area (Å²) in [6.07, 6.45) is 0. The van der Waals surface area contributed by atoms with E-state index in [4.69, 9.17) is 9.47 Å². The minimum Gasteiger partial charge on any atom is -0.465 e. The minimum atomic E-state index is -0.377. The molecule has 1 heterocycles. The molecule has 0 amide bonds. The van der Waals surface area contributed by atoms with Gasteiger partial charge in [-0.05, 0) is 55.8 Å². The van der Waals surface area contributed by atoms with E-state index < -0.39 is 0 Å². The molecule has 22 heavy (non-hydrogen) atoms. The van der Waals surface area contributed by atoms with E-state index in [2.05, 4.69) is 18.8 Å². The summed E-state index contributed by atoms with van der Waals surface area (Å²) in [5.74, 6) is 0.960. The Bertz CT molecular complexity index is 849. The Balaban J connectivity index is 1.93. The van der Waals surface area contributed by atoms with Gasteiger partial charge in [0.05, 0.1) is 12.7 Å². The second-order valence-electron chi connectivity index (χ2n) is 5.20. The lowest BCUT2D eigenvalue weighted by molar-refractivity contribution is 0.0600. The van der Waals surface area contributed by atoms with Crippen LogP contribution in [-0.2, 0) is 4.74 Å². The number of benzene rings is 2. The van der Waals surface area contributed by atoms with Crippen molar-refractivity contribution in [2.45, 2.75) is 13.8 Å². The smallest absolute Gasteiger partial charge is 0.337 e. The maximum Gasteiger partial charge on any atom is 0.337 e. The first-order valence-electron chi connectivity index (χ1n) is 7.03. The van der Waals surface area contributed by atoms with Crippen molar-refractivity contribution >= 4 is 16.9 Å². The largest absolute Gasteiger partial charge is 0.465 e. The minimum absolute atomic E-state index is 0.377. The molecule has 3 aromatic rings. The first kappa shape index (κ1) is 14.2. The van der Waals surface area contributed by atoms with E-state index in [1.54, 1.807) is 18.2 Å². The zero-order valence-electron chi connectivity index (χ0n) is 12.8. The Hall–Kier alpha value is -2.75. The molecule has 0 atom stereocenters. The maximum absolute atomic E-state index is 11.6. The van der Waals surface area contributed by atoms with Crippen molar-refractivity contribution < 1.29 is 14.3 Å². The van der Waals surface area contributed by atoms with Crippen LogP contribution in [0.3, 0.4) is 0 Å². The van der Waals surface area contributed by atoms with Crippen molar-refractivity contribution in [3.8, 4) is 11.5 Å². The molecule has 1 aromatic heterocycles. The molecule has 0 aliphatic heterocycles. The number of methoxy groups -OCH3 is 1. The van der Waals surface area contributed by atoms with E-state index in [0.29, 0.717) is 11.3 Å². The third-order valence-electron chi connectivity index (χ3n) is 3.77. The van der Waals surface area contributed by atoms with E-state index in [9.17, 15) is 4.79 Å². The van der Waals surface area contributed by atoms with Crippen LogP contribution < -0.4 is 4.74 Å².